The number of aliphatic hydroxyl groups is 5. The molecule has 6 N–H and O–H groups in total. The number of carbonyl (C=O) groups excluding carboxylic acids is 1. The molecule has 9 heteroatoms. The van der Waals surface area contributed by atoms with E-state index in [9.17, 15) is 30.3 Å². The average Bonchev–Trinajstić information content (AvgIpc) is 3.31. The molecule has 1 heterocycles. The zero-order valence-corrected chi connectivity index (χ0v) is 57.7. The van der Waals surface area contributed by atoms with E-state index in [1.165, 1.54) is 276 Å². The van der Waals surface area contributed by atoms with Gasteiger partial charge in [-0.25, -0.2) is 0 Å². The van der Waals surface area contributed by atoms with E-state index < -0.39 is 49.5 Å². The van der Waals surface area contributed by atoms with Crippen LogP contribution in [-0.2, 0) is 14.3 Å². The maximum absolute atomic E-state index is 13.2. The van der Waals surface area contributed by atoms with Crippen molar-refractivity contribution in [2.24, 2.45) is 0 Å². The Kier molecular flexibility index (Phi) is 64.2. The largest absolute Gasteiger partial charge is 0.394 e. The van der Waals surface area contributed by atoms with Gasteiger partial charge in [-0.1, -0.05) is 369 Å². The molecule has 1 aliphatic rings. The minimum Gasteiger partial charge on any atom is -0.394 e. The van der Waals surface area contributed by atoms with Crippen LogP contribution in [0.3, 0.4) is 0 Å². The predicted octanol–water partition coefficient (Wildman–Crippen LogP) is 21.5. The molecule has 1 aliphatic heterocycles. The van der Waals surface area contributed by atoms with Crippen LogP contribution in [0.5, 0.6) is 0 Å². The summed E-state index contributed by atoms with van der Waals surface area (Å²) in [5.41, 5.74) is 0. The van der Waals surface area contributed by atoms with E-state index in [1.807, 2.05) is 6.08 Å². The highest BCUT2D eigenvalue weighted by Crippen LogP contribution is 2.24. The Bertz CT molecular complexity index is 1620. The third-order valence-electron chi connectivity index (χ3n) is 18.0. The Morgan fingerprint density at radius 1 is 0.398 bits per heavy atom. The average molecular weight is 1240 g/mol. The first-order chi connectivity index (χ1) is 43.3. The van der Waals surface area contributed by atoms with Gasteiger partial charge in [0.1, 0.15) is 24.4 Å². The fraction of sp³-hybridized carbons (Fsp3) is 0.835. The SMILES string of the molecule is CC/C=C\C/C=C\C/C=C\C/C=C\C/C=C\CCCCCCCCCCCCCCCCCCCCCCCCCCCC(=O)NC(COC1OC(CO)C(O)C(O)C1O)C(O)/C=C/CCCCCCCCCCCCCCCCCCCCCCCC. The van der Waals surface area contributed by atoms with Crippen LogP contribution in [0.4, 0.5) is 0 Å². The normalized spacial score (nSPS) is 18.3. The zero-order valence-electron chi connectivity index (χ0n) is 57.7. The molecule has 0 aromatic heterocycles. The highest BCUT2D eigenvalue weighted by Gasteiger charge is 2.44. The number of aliphatic hydroxyl groups excluding tert-OH is 5. The number of allylic oxidation sites excluding steroid dienone is 11. The molecule has 0 radical (unpaired) electrons. The standard InChI is InChI=1S/C79H145NO8/c1-3-5-7-9-11-13-15-17-19-21-23-25-27-29-30-31-32-33-34-35-36-37-38-39-40-41-42-43-44-45-47-49-51-53-55-57-59-61-63-65-67-69-75(83)80-72(71-87-79-78(86)77(85)76(84)74(70-81)88-79)73(82)68-66-64-62-60-58-56-54-52-50-48-46-28-26-24-22-20-18-16-14-12-10-8-6-4-2/h5,7,11,13,17,19,23,25,29-30,66,68,72-74,76-79,81-82,84-86H,3-4,6,8-10,12,14-16,18,20-22,24,26-28,31-65,67,69-71H2,1-2H3,(H,80,83)/b7-5-,13-11-,19-17-,25-23-,30-29-,68-66+. The van der Waals surface area contributed by atoms with Crippen LogP contribution < -0.4 is 5.32 Å². The van der Waals surface area contributed by atoms with E-state index in [2.05, 4.69) is 79.9 Å². The fourth-order valence-corrected chi connectivity index (χ4v) is 12.1. The second-order valence-electron chi connectivity index (χ2n) is 26.4. The van der Waals surface area contributed by atoms with E-state index in [4.69, 9.17) is 9.47 Å². The maximum atomic E-state index is 13.2. The molecule has 0 aromatic carbocycles. The van der Waals surface area contributed by atoms with Gasteiger partial charge in [-0.05, 0) is 64.2 Å². The van der Waals surface area contributed by atoms with Crippen molar-refractivity contribution in [2.75, 3.05) is 13.2 Å². The van der Waals surface area contributed by atoms with Crippen molar-refractivity contribution in [1.29, 1.82) is 0 Å². The number of rotatable bonds is 67. The fourth-order valence-electron chi connectivity index (χ4n) is 12.1. The summed E-state index contributed by atoms with van der Waals surface area (Å²) in [6.45, 7) is 3.71. The highest BCUT2D eigenvalue weighted by atomic mass is 16.7. The van der Waals surface area contributed by atoms with E-state index in [0.29, 0.717) is 6.42 Å². The minimum atomic E-state index is -1.57. The molecule has 88 heavy (non-hydrogen) atoms. The van der Waals surface area contributed by atoms with Crippen LogP contribution in [0.1, 0.15) is 367 Å². The Morgan fingerprint density at radius 3 is 1.05 bits per heavy atom. The summed E-state index contributed by atoms with van der Waals surface area (Å²) in [4.78, 5) is 13.2. The molecule has 1 saturated heterocycles. The molecular formula is C79H145NO8. The van der Waals surface area contributed by atoms with Gasteiger partial charge in [-0.15, -0.1) is 0 Å². The van der Waals surface area contributed by atoms with Crippen molar-refractivity contribution < 1.29 is 39.8 Å². The highest BCUT2D eigenvalue weighted by molar-refractivity contribution is 5.76. The predicted molar refractivity (Wildman–Crippen MR) is 378 cm³/mol. The van der Waals surface area contributed by atoms with Crippen LogP contribution in [0, 0.1) is 0 Å². The van der Waals surface area contributed by atoms with Gasteiger partial charge in [-0.3, -0.25) is 4.79 Å². The van der Waals surface area contributed by atoms with Crippen molar-refractivity contribution in [3.8, 4) is 0 Å². The first-order valence-electron chi connectivity index (χ1n) is 38.2. The van der Waals surface area contributed by atoms with Crippen molar-refractivity contribution >= 4 is 5.91 Å². The molecule has 0 aliphatic carbocycles. The Labute approximate surface area is 544 Å². The molecule has 1 rings (SSSR count). The number of ether oxygens (including phenoxy) is 2. The number of amides is 1. The summed E-state index contributed by atoms with van der Waals surface area (Å²) in [5.74, 6) is -0.170. The number of hydrogen-bond donors (Lipinski definition) is 6. The minimum absolute atomic E-state index is 0.170. The van der Waals surface area contributed by atoms with E-state index in [0.717, 1.165) is 70.6 Å². The summed E-state index contributed by atoms with van der Waals surface area (Å²) >= 11 is 0. The lowest BCUT2D eigenvalue weighted by Crippen LogP contribution is -2.60. The summed E-state index contributed by atoms with van der Waals surface area (Å²) in [6.07, 6.45) is 88.9. The van der Waals surface area contributed by atoms with E-state index in [-0.39, 0.29) is 12.5 Å². The van der Waals surface area contributed by atoms with Gasteiger partial charge in [-0.2, -0.15) is 0 Å². The van der Waals surface area contributed by atoms with Crippen molar-refractivity contribution in [3.05, 3.63) is 72.9 Å². The molecule has 0 aromatic rings. The summed E-state index contributed by atoms with van der Waals surface area (Å²) in [5, 5.41) is 54.8. The van der Waals surface area contributed by atoms with Gasteiger partial charge in [0.15, 0.2) is 6.29 Å². The monoisotopic (exact) mass is 1240 g/mol. The molecular weight excluding hydrogens is 1090 g/mol. The molecule has 7 unspecified atom stereocenters. The van der Waals surface area contributed by atoms with Gasteiger partial charge in [0, 0.05) is 6.42 Å². The molecule has 0 saturated carbocycles. The summed E-state index contributed by atoms with van der Waals surface area (Å²) < 4.78 is 11.3. The summed E-state index contributed by atoms with van der Waals surface area (Å²) in [6, 6.07) is -0.806. The van der Waals surface area contributed by atoms with Crippen LogP contribution in [-0.4, -0.2) is 87.5 Å². The topological polar surface area (TPSA) is 149 Å². The number of unbranched alkanes of at least 4 members (excludes halogenated alkanes) is 47. The van der Waals surface area contributed by atoms with Gasteiger partial charge in [0.05, 0.1) is 25.4 Å². The van der Waals surface area contributed by atoms with Crippen molar-refractivity contribution in [1.82, 2.24) is 5.32 Å². The number of carbonyl (C=O) groups is 1. The quantitative estimate of drug-likeness (QED) is 0.0261. The molecule has 0 spiro atoms. The first kappa shape index (κ1) is 83.6. The molecule has 1 fully saturated rings. The van der Waals surface area contributed by atoms with Crippen LogP contribution >= 0.6 is 0 Å². The number of nitrogens with one attached hydrogen (secondary N) is 1. The maximum Gasteiger partial charge on any atom is 0.220 e. The number of hydrogen-bond acceptors (Lipinski definition) is 8. The Balaban J connectivity index is 2.05. The lowest BCUT2D eigenvalue weighted by molar-refractivity contribution is -0.302. The Morgan fingerprint density at radius 2 is 0.705 bits per heavy atom. The second kappa shape index (κ2) is 67.5. The second-order valence-corrected chi connectivity index (χ2v) is 26.4. The van der Waals surface area contributed by atoms with E-state index in [1.54, 1.807) is 6.08 Å². The lowest BCUT2D eigenvalue weighted by Gasteiger charge is -2.40. The molecule has 514 valence electrons. The van der Waals surface area contributed by atoms with Gasteiger partial charge in [0.2, 0.25) is 5.91 Å². The van der Waals surface area contributed by atoms with E-state index >= 15 is 0 Å². The molecule has 0 bridgehead atoms. The molecule has 9 nitrogen and oxygen atoms in total. The first-order valence-corrected chi connectivity index (χ1v) is 38.2. The van der Waals surface area contributed by atoms with Crippen LogP contribution in [0.2, 0.25) is 0 Å². The molecule has 7 atom stereocenters. The lowest BCUT2D eigenvalue weighted by atomic mass is 9.99. The third-order valence-corrected chi connectivity index (χ3v) is 18.0. The van der Waals surface area contributed by atoms with Crippen molar-refractivity contribution in [3.63, 3.8) is 0 Å². The smallest absolute Gasteiger partial charge is 0.220 e. The summed E-state index contributed by atoms with van der Waals surface area (Å²) in [7, 11) is 0. The van der Waals surface area contributed by atoms with Gasteiger partial charge >= 0.3 is 0 Å². The zero-order chi connectivity index (χ0) is 63.5. The Hall–Kier alpha value is -2.37. The van der Waals surface area contributed by atoms with Gasteiger partial charge < -0.3 is 40.3 Å². The van der Waals surface area contributed by atoms with Crippen LogP contribution in [0.15, 0.2) is 72.9 Å². The molecule has 1 amide bonds. The van der Waals surface area contributed by atoms with Gasteiger partial charge in [0.25, 0.3) is 0 Å². The van der Waals surface area contributed by atoms with Crippen LogP contribution in [0.25, 0.3) is 0 Å². The van der Waals surface area contributed by atoms with Crippen molar-refractivity contribution in [2.45, 2.75) is 410 Å². The third kappa shape index (κ3) is 55.3.